The summed E-state index contributed by atoms with van der Waals surface area (Å²) in [5.41, 5.74) is 2.95. The van der Waals surface area contributed by atoms with Gasteiger partial charge in [0.1, 0.15) is 11.9 Å². The van der Waals surface area contributed by atoms with Gasteiger partial charge in [-0.2, -0.15) is 0 Å². The molecule has 1 aliphatic heterocycles. The number of nitrogens with zero attached hydrogens (tertiary/aromatic N) is 5. The average Bonchev–Trinajstić information content (AvgIpc) is 2.64. The lowest BCUT2D eigenvalue weighted by Crippen LogP contribution is -2.42. The molecule has 0 aromatic carbocycles. The fourth-order valence-corrected chi connectivity index (χ4v) is 3.03. The summed E-state index contributed by atoms with van der Waals surface area (Å²) >= 11 is 0. The summed E-state index contributed by atoms with van der Waals surface area (Å²) in [6.07, 6.45) is 4.88. The Bertz CT molecular complexity index is 779. The lowest BCUT2D eigenvalue weighted by atomic mass is 10.1. The van der Waals surface area contributed by atoms with Crippen molar-refractivity contribution in [3.8, 4) is 11.4 Å². The highest BCUT2D eigenvalue weighted by Crippen LogP contribution is 2.27. The number of carbonyl (C=O) groups excluding carboxylic acids is 1. The van der Waals surface area contributed by atoms with Crippen molar-refractivity contribution in [1.82, 2.24) is 19.9 Å². The topological polar surface area (TPSA) is 71.5 Å². The number of hydrogen-bond acceptors (Lipinski definition) is 6. The molecule has 0 spiro atoms. The normalized spacial score (nSPS) is 17.1. The van der Waals surface area contributed by atoms with E-state index in [4.69, 9.17) is 9.72 Å². The van der Waals surface area contributed by atoms with Gasteiger partial charge in [-0.3, -0.25) is 4.98 Å². The monoisotopic (exact) mass is 355 g/mol. The Labute approximate surface area is 154 Å². The second-order valence-electron chi connectivity index (χ2n) is 6.81. The number of aromatic nitrogens is 3. The van der Waals surface area contributed by atoms with Crippen LogP contribution in [0.15, 0.2) is 24.5 Å². The van der Waals surface area contributed by atoms with Crippen molar-refractivity contribution in [1.29, 1.82) is 0 Å². The summed E-state index contributed by atoms with van der Waals surface area (Å²) in [4.78, 5) is 29.0. The molecule has 0 N–H and O–H groups in total. The molecule has 2 aromatic heterocycles. The third-order valence-corrected chi connectivity index (χ3v) is 4.61. The molecule has 138 valence electrons. The summed E-state index contributed by atoms with van der Waals surface area (Å²) < 4.78 is 5.58. The highest BCUT2D eigenvalue weighted by Gasteiger charge is 2.26. The minimum Gasteiger partial charge on any atom is -0.444 e. The summed E-state index contributed by atoms with van der Waals surface area (Å²) in [7, 11) is 3.39. The van der Waals surface area contributed by atoms with E-state index in [1.807, 2.05) is 26.0 Å². The van der Waals surface area contributed by atoms with E-state index in [9.17, 15) is 4.79 Å². The first-order valence-corrected chi connectivity index (χ1v) is 8.84. The van der Waals surface area contributed by atoms with Crippen molar-refractivity contribution in [2.45, 2.75) is 32.8 Å². The minimum atomic E-state index is -0.301. The summed E-state index contributed by atoms with van der Waals surface area (Å²) in [5, 5.41) is 0. The quantitative estimate of drug-likeness (QED) is 0.843. The molecule has 1 saturated heterocycles. The summed E-state index contributed by atoms with van der Waals surface area (Å²) in [6.45, 7) is 5.57. The Morgan fingerprint density at radius 2 is 1.96 bits per heavy atom. The number of anilines is 1. The zero-order valence-corrected chi connectivity index (χ0v) is 15.8. The molecule has 1 fully saturated rings. The largest absolute Gasteiger partial charge is 0.444 e. The van der Waals surface area contributed by atoms with E-state index >= 15 is 0 Å². The maximum absolute atomic E-state index is 11.9. The van der Waals surface area contributed by atoms with Gasteiger partial charge in [0.15, 0.2) is 5.82 Å². The van der Waals surface area contributed by atoms with E-state index in [1.165, 1.54) is 4.90 Å². The Balaban J connectivity index is 1.86. The van der Waals surface area contributed by atoms with Crippen LogP contribution >= 0.6 is 0 Å². The molecule has 1 atom stereocenters. The Hall–Kier alpha value is -2.70. The molecule has 0 aliphatic carbocycles. The SMILES string of the molecule is Cc1nc(-c2ccncc2)nc(N2CCCC(OC(=O)N(C)C)C2)c1C. The lowest BCUT2D eigenvalue weighted by Gasteiger charge is -2.34. The van der Waals surface area contributed by atoms with Crippen LogP contribution < -0.4 is 4.90 Å². The number of hydrogen-bond donors (Lipinski definition) is 0. The molecule has 2 aromatic rings. The second-order valence-corrected chi connectivity index (χ2v) is 6.81. The Morgan fingerprint density at radius 3 is 2.65 bits per heavy atom. The van der Waals surface area contributed by atoms with Crippen LogP contribution in [0, 0.1) is 13.8 Å². The molecule has 1 unspecified atom stereocenters. The first-order valence-electron chi connectivity index (χ1n) is 8.84. The van der Waals surface area contributed by atoms with Crippen LogP contribution in [0.1, 0.15) is 24.1 Å². The first kappa shape index (κ1) is 18.1. The van der Waals surface area contributed by atoms with E-state index in [0.29, 0.717) is 12.4 Å². The predicted octanol–water partition coefficient (Wildman–Crippen LogP) is 2.82. The molecule has 0 saturated carbocycles. The zero-order chi connectivity index (χ0) is 18.7. The first-order chi connectivity index (χ1) is 12.5. The van der Waals surface area contributed by atoms with Crippen molar-refractivity contribution in [2.75, 3.05) is 32.1 Å². The molecule has 3 rings (SSSR count). The van der Waals surface area contributed by atoms with Crippen LogP contribution in [0.3, 0.4) is 0 Å². The number of aryl methyl sites for hydroxylation is 1. The highest BCUT2D eigenvalue weighted by molar-refractivity contribution is 5.67. The molecule has 7 nitrogen and oxygen atoms in total. The maximum Gasteiger partial charge on any atom is 0.409 e. The highest BCUT2D eigenvalue weighted by atomic mass is 16.6. The van der Waals surface area contributed by atoms with Gasteiger partial charge >= 0.3 is 6.09 Å². The van der Waals surface area contributed by atoms with Gasteiger partial charge in [0.2, 0.25) is 0 Å². The zero-order valence-electron chi connectivity index (χ0n) is 15.8. The Morgan fingerprint density at radius 1 is 1.23 bits per heavy atom. The maximum atomic E-state index is 11.9. The number of ether oxygens (including phenoxy) is 1. The number of carbonyl (C=O) groups is 1. The van der Waals surface area contributed by atoms with Crippen molar-refractivity contribution in [3.05, 3.63) is 35.8 Å². The van der Waals surface area contributed by atoms with Crippen LogP contribution in [0.2, 0.25) is 0 Å². The molecule has 1 aliphatic rings. The van der Waals surface area contributed by atoms with E-state index < -0.39 is 0 Å². The van der Waals surface area contributed by atoms with Crippen molar-refractivity contribution in [2.24, 2.45) is 0 Å². The van der Waals surface area contributed by atoms with Gasteiger partial charge in [-0.15, -0.1) is 0 Å². The van der Waals surface area contributed by atoms with Crippen LogP contribution in [-0.4, -0.2) is 59.2 Å². The number of amides is 1. The van der Waals surface area contributed by atoms with Crippen LogP contribution in [-0.2, 0) is 4.74 Å². The Kier molecular flexibility index (Phi) is 5.35. The molecular weight excluding hydrogens is 330 g/mol. The smallest absolute Gasteiger partial charge is 0.409 e. The van der Waals surface area contributed by atoms with Crippen molar-refractivity contribution in [3.63, 3.8) is 0 Å². The van der Waals surface area contributed by atoms with Gasteiger partial charge in [0.25, 0.3) is 0 Å². The number of piperidine rings is 1. The third-order valence-electron chi connectivity index (χ3n) is 4.61. The van der Waals surface area contributed by atoms with Gasteiger partial charge in [-0.25, -0.2) is 14.8 Å². The van der Waals surface area contributed by atoms with Crippen LogP contribution in [0.4, 0.5) is 10.6 Å². The molecular formula is C19H25N5O2. The molecule has 0 bridgehead atoms. The molecule has 26 heavy (non-hydrogen) atoms. The van der Waals surface area contributed by atoms with E-state index in [1.54, 1.807) is 26.5 Å². The minimum absolute atomic E-state index is 0.127. The molecule has 0 radical (unpaired) electrons. The van der Waals surface area contributed by atoms with E-state index in [0.717, 1.165) is 42.0 Å². The fraction of sp³-hybridized carbons (Fsp3) is 0.474. The fourth-order valence-electron chi connectivity index (χ4n) is 3.03. The summed E-state index contributed by atoms with van der Waals surface area (Å²) in [6, 6.07) is 3.82. The van der Waals surface area contributed by atoms with Crippen LogP contribution in [0.5, 0.6) is 0 Å². The molecule has 1 amide bonds. The van der Waals surface area contributed by atoms with Gasteiger partial charge < -0.3 is 14.5 Å². The van der Waals surface area contributed by atoms with Crippen molar-refractivity contribution < 1.29 is 9.53 Å². The van der Waals surface area contributed by atoms with E-state index in [-0.39, 0.29) is 12.2 Å². The van der Waals surface area contributed by atoms with Gasteiger partial charge in [-0.05, 0) is 38.8 Å². The van der Waals surface area contributed by atoms with Gasteiger partial charge in [-0.1, -0.05) is 0 Å². The summed E-state index contributed by atoms with van der Waals surface area (Å²) in [5.74, 6) is 1.60. The van der Waals surface area contributed by atoms with E-state index in [2.05, 4.69) is 14.9 Å². The lowest BCUT2D eigenvalue weighted by molar-refractivity contribution is 0.0670. The predicted molar refractivity (Wildman–Crippen MR) is 100 cm³/mol. The van der Waals surface area contributed by atoms with Gasteiger partial charge in [0, 0.05) is 49.9 Å². The van der Waals surface area contributed by atoms with Crippen molar-refractivity contribution >= 4 is 11.9 Å². The second kappa shape index (κ2) is 7.68. The average molecular weight is 355 g/mol. The third kappa shape index (κ3) is 3.92. The number of pyridine rings is 1. The number of rotatable bonds is 3. The molecule has 3 heterocycles. The van der Waals surface area contributed by atoms with Crippen LogP contribution in [0.25, 0.3) is 11.4 Å². The standard InChI is InChI=1S/C19H25N5O2/c1-13-14(2)21-17(15-7-9-20-10-8-15)22-18(13)24-11-5-6-16(12-24)26-19(25)23(3)4/h7-10,16H,5-6,11-12H2,1-4H3. The van der Waals surface area contributed by atoms with Gasteiger partial charge in [0.05, 0.1) is 6.54 Å². The molecule has 7 heteroatoms.